The highest BCUT2D eigenvalue weighted by atomic mass is 16.1. The topological polar surface area (TPSA) is 73.8 Å². The molecule has 2 heterocycles. The first kappa shape index (κ1) is 12.3. The lowest BCUT2D eigenvalue weighted by Gasteiger charge is -2.10. The van der Waals surface area contributed by atoms with E-state index in [-0.39, 0.29) is 11.2 Å². The molecule has 0 radical (unpaired) electrons. The number of nitrogens with zero attached hydrogens (tertiary/aromatic N) is 3. The highest BCUT2D eigenvalue weighted by Crippen LogP contribution is 2.15. The van der Waals surface area contributed by atoms with Crippen molar-refractivity contribution in [2.75, 3.05) is 5.73 Å². The van der Waals surface area contributed by atoms with E-state index < -0.39 is 0 Å². The van der Waals surface area contributed by atoms with Crippen LogP contribution in [0.3, 0.4) is 0 Å². The van der Waals surface area contributed by atoms with Crippen LogP contribution in [0.15, 0.2) is 35.4 Å². The summed E-state index contributed by atoms with van der Waals surface area (Å²) in [6.45, 7) is 4.62. The molecule has 2 aromatic heterocycles. The second-order valence-corrected chi connectivity index (χ2v) is 4.60. The fraction of sp³-hybridized carbons (Fsp3) is 0.308. The first-order valence-electron chi connectivity index (χ1n) is 5.86. The molecule has 2 N–H and O–H groups in total. The molecule has 2 rings (SSSR count). The summed E-state index contributed by atoms with van der Waals surface area (Å²) in [5.74, 6) is 0.335. The molecule has 0 aromatic carbocycles. The molecule has 0 amide bonds. The monoisotopic (exact) mass is 244 g/mol. The van der Waals surface area contributed by atoms with Crippen LogP contribution in [0, 0.1) is 5.92 Å². The summed E-state index contributed by atoms with van der Waals surface area (Å²) in [7, 11) is 0. The van der Waals surface area contributed by atoms with Gasteiger partial charge in [-0.15, -0.1) is 0 Å². The molecule has 94 valence electrons. The van der Waals surface area contributed by atoms with Crippen LogP contribution in [-0.4, -0.2) is 14.8 Å². The molecule has 0 fully saturated rings. The van der Waals surface area contributed by atoms with E-state index in [1.807, 2.05) is 26.0 Å². The average Bonchev–Trinajstić information content (AvgIpc) is 2.35. The summed E-state index contributed by atoms with van der Waals surface area (Å²) in [6, 6.07) is 5.28. The van der Waals surface area contributed by atoms with Crippen molar-refractivity contribution in [3.05, 3.63) is 40.9 Å². The van der Waals surface area contributed by atoms with E-state index in [0.717, 1.165) is 5.56 Å². The van der Waals surface area contributed by atoms with Gasteiger partial charge in [-0.25, -0.2) is 4.68 Å². The average molecular weight is 244 g/mol. The van der Waals surface area contributed by atoms with Gasteiger partial charge in [-0.1, -0.05) is 13.8 Å². The smallest absolute Gasteiger partial charge is 0.289 e. The fourth-order valence-electron chi connectivity index (χ4n) is 1.70. The van der Waals surface area contributed by atoms with Crippen molar-refractivity contribution < 1.29 is 0 Å². The molecule has 0 aliphatic rings. The van der Waals surface area contributed by atoms with Gasteiger partial charge in [-0.2, -0.15) is 5.10 Å². The van der Waals surface area contributed by atoms with Crippen molar-refractivity contribution in [2.45, 2.75) is 20.4 Å². The Morgan fingerprint density at radius 2 is 2.00 bits per heavy atom. The van der Waals surface area contributed by atoms with Gasteiger partial charge >= 0.3 is 0 Å². The molecule has 0 spiro atoms. The SMILES string of the molecule is CC(C)Cn1nc(-c2ccncc2)cc(N)c1=O. The lowest BCUT2D eigenvalue weighted by atomic mass is 10.2. The number of rotatable bonds is 3. The fourth-order valence-corrected chi connectivity index (χ4v) is 1.70. The van der Waals surface area contributed by atoms with Crippen LogP contribution < -0.4 is 11.3 Å². The Bertz CT molecular complexity index is 590. The summed E-state index contributed by atoms with van der Waals surface area (Å²) < 4.78 is 1.43. The van der Waals surface area contributed by atoms with Gasteiger partial charge in [0.15, 0.2) is 0 Å². The third kappa shape index (κ3) is 2.56. The van der Waals surface area contributed by atoms with Gasteiger partial charge in [0.1, 0.15) is 5.69 Å². The summed E-state index contributed by atoms with van der Waals surface area (Å²) in [5, 5.41) is 4.34. The number of pyridine rings is 1. The molecule has 2 aromatic rings. The lowest BCUT2D eigenvalue weighted by Crippen LogP contribution is -2.27. The third-order valence-electron chi connectivity index (χ3n) is 2.52. The minimum Gasteiger partial charge on any atom is -0.394 e. The van der Waals surface area contributed by atoms with Gasteiger partial charge in [-0.3, -0.25) is 9.78 Å². The van der Waals surface area contributed by atoms with Crippen LogP contribution in [0.5, 0.6) is 0 Å². The maximum atomic E-state index is 11.9. The molecule has 18 heavy (non-hydrogen) atoms. The normalized spacial score (nSPS) is 10.8. The molecular weight excluding hydrogens is 228 g/mol. The van der Waals surface area contributed by atoms with Gasteiger partial charge < -0.3 is 5.73 Å². The molecule has 0 bridgehead atoms. The van der Waals surface area contributed by atoms with Crippen LogP contribution in [0.25, 0.3) is 11.3 Å². The van der Waals surface area contributed by atoms with Crippen molar-refractivity contribution in [3.8, 4) is 11.3 Å². The maximum Gasteiger partial charge on any atom is 0.289 e. The highest BCUT2D eigenvalue weighted by Gasteiger charge is 2.08. The Kier molecular flexibility index (Phi) is 3.41. The Labute approximate surface area is 105 Å². The molecule has 0 unspecified atom stereocenters. The number of aromatic nitrogens is 3. The summed E-state index contributed by atoms with van der Waals surface area (Å²) >= 11 is 0. The van der Waals surface area contributed by atoms with Crippen LogP contribution in [0.1, 0.15) is 13.8 Å². The number of nitrogen functional groups attached to an aromatic ring is 1. The van der Waals surface area contributed by atoms with Crippen molar-refractivity contribution in [1.29, 1.82) is 0 Å². The van der Waals surface area contributed by atoms with Crippen molar-refractivity contribution in [2.24, 2.45) is 5.92 Å². The zero-order valence-electron chi connectivity index (χ0n) is 10.5. The Hall–Kier alpha value is -2.17. The largest absolute Gasteiger partial charge is 0.394 e. The number of hydrogen-bond acceptors (Lipinski definition) is 4. The van der Waals surface area contributed by atoms with E-state index in [1.54, 1.807) is 18.5 Å². The van der Waals surface area contributed by atoms with Crippen LogP contribution in [-0.2, 0) is 6.54 Å². The quantitative estimate of drug-likeness (QED) is 0.888. The highest BCUT2D eigenvalue weighted by molar-refractivity contribution is 5.61. The zero-order valence-corrected chi connectivity index (χ0v) is 10.5. The molecule has 0 saturated heterocycles. The van der Waals surface area contributed by atoms with Gasteiger partial charge in [0.2, 0.25) is 0 Å². The third-order valence-corrected chi connectivity index (χ3v) is 2.52. The van der Waals surface area contributed by atoms with E-state index in [9.17, 15) is 4.79 Å². The van der Waals surface area contributed by atoms with E-state index in [2.05, 4.69) is 10.1 Å². The molecule has 0 saturated carbocycles. The van der Waals surface area contributed by atoms with Crippen molar-refractivity contribution >= 4 is 5.69 Å². The summed E-state index contributed by atoms with van der Waals surface area (Å²) in [5.41, 5.74) is 7.32. The lowest BCUT2D eigenvalue weighted by molar-refractivity contribution is 0.466. The molecular formula is C13H16N4O. The second kappa shape index (κ2) is 5.00. The second-order valence-electron chi connectivity index (χ2n) is 4.60. The first-order chi connectivity index (χ1) is 8.58. The molecule has 0 aliphatic heterocycles. The Morgan fingerprint density at radius 1 is 1.33 bits per heavy atom. The minimum atomic E-state index is -0.235. The number of hydrogen-bond donors (Lipinski definition) is 1. The Morgan fingerprint density at radius 3 is 2.61 bits per heavy atom. The van der Waals surface area contributed by atoms with Gasteiger partial charge in [0, 0.05) is 24.5 Å². The molecule has 5 heteroatoms. The van der Waals surface area contributed by atoms with E-state index >= 15 is 0 Å². The first-order valence-corrected chi connectivity index (χ1v) is 5.86. The van der Waals surface area contributed by atoms with Crippen LogP contribution >= 0.6 is 0 Å². The van der Waals surface area contributed by atoms with E-state index in [0.29, 0.717) is 18.2 Å². The molecule has 0 atom stereocenters. The van der Waals surface area contributed by atoms with Crippen LogP contribution in [0.2, 0.25) is 0 Å². The van der Waals surface area contributed by atoms with E-state index in [1.165, 1.54) is 4.68 Å². The number of nitrogens with two attached hydrogens (primary N) is 1. The van der Waals surface area contributed by atoms with Crippen molar-refractivity contribution in [1.82, 2.24) is 14.8 Å². The standard InChI is InChI=1S/C13H16N4O/c1-9(2)8-17-13(18)11(14)7-12(16-17)10-3-5-15-6-4-10/h3-7,9H,8,14H2,1-2H3. The molecule has 0 aliphatic carbocycles. The Balaban J connectivity index is 2.51. The van der Waals surface area contributed by atoms with E-state index in [4.69, 9.17) is 5.73 Å². The minimum absolute atomic E-state index is 0.220. The molecule has 5 nitrogen and oxygen atoms in total. The zero-order chi connectivity index (χ0) is 13.1. The van der Waals surface area contributed by atoms with Gasteiger partial charge in [0.05, 0.1) is 5.69 Å². The predicted molar refractivity (Wildman–Crippen MR) is 71.0 cm³/mol. The number of anilines is 1. The van der Waals surface area contributed by atoms with Gasteiger partial charge in [-0.05, 0) is 24.1 Å². The van der Waals surface area contributed by atoms with Gasteiger partial charge in [0.25, 0.3) is 5.56 Å². The summed E-state index contributed by atoms with van der Waals surface area (Å²) in [6.07, 6.45) is 3.37. The maximum absolute atomic E-state index is 11.9. The van der Waals surface area contributed by atoms with Crippen LogP contribution in [0.4, 0.5) is 5.69 Å². The summed E-state index contributed by atoms with van der Waals surface area (Å²) in [4.78, 5) is 15.8. The van der Waals surface area contributed by atoms with Crippen molar-refractivity contribution in [3.63, 3.8) is 0 Å². The predicted octanol–water partition coefficient (Wildman–Crippen LogP) is 1.54.